The third-order valence-electron chi connectivity index (χ3n) is 7.00. The second-order valence-corrected chi connectivity index (χ2v) is 9.91. The predicted octanol–water partition coefficient (Wildman–Crippen LogP) is 7.25. The molecule has 4 nitrogen and oxygen atoms in total. The summed E-state index contributed by atoms with van der Waals surface area (Å²) < 4.78 is 5.13. The Morgan fingerprint density at radius 1 is 0.943 bits per heavy atom. The van der Waals surface area contributed by atoms with Crippen molar-refractivity contribution in [2.24, 2.45) is 5.92 Å². The van der Waals surface area contributed by atoms with Crippen molar-refractivity contribution < 1.29 is 4.74 Å². The summed E-state index contributed by atoms with van der Waals surface area (Å²) in [5.74, 6) is 0.978. The third kappa shape index (κ3) is 13.8. The molecular weight excluding hydrogens is 430 g/mol. The molecule has 1 aromatic rings. The second-order valence-electron chi connectivity index (χ2n) is 9.91. The molecule has 2 heterocycles. The molecule has 0 amide bonds. The Morgan fingerprint density at radius 3 is 1.97 bits per heavy atom. The predicted molar refractivity (Wildman–Crippen MR) is 154 cm³/mol. The van der Waals surface area contributed by atoms with Gasteiger partial charge >= 0.3 is 0 Å². The zero-order valence-corrected chi connectivity index (χ0v) is 23.9. The van der Waals surface area contributed by atoms with Gasteiger partial charge in [0.1, 0.15) is 6.73 Å². The molecule has 0 radical (unpaired) electrons. The molecule has 2 aliphatic heterocycles. The number of benzene rings is 1. The number of likely N-dealkylation sites (tertiary alicyclic amines) is 1. The largest absolute Gasteiger partial charge is 0.486 e. The van der Waals surface area contributed by atoms with Crippen molar-refractivity contribution in [3.63, 3.8) is 0 Å². The number of nitrogens with zero attached hydrogens (tertiary/aromatic N) is 3. The first-order valence-electron chi connectivity index (χ1n) is 14.1. The smallest absolute Gasteiger partial charge is 0.141 e. The lowest BCUT2D eigenvalue weighted by Gasteiger charge is -2.36. The number of rotatable bonds is 7. The van der Waals surface area contributed by atoms with Crippen LogP contribution in [-0.4, -0.2) is 66.7 Å². The maximum atomic E-state index is 5.13. The summed E-state index contributed by atoms with van der Waals surface area (Å²) in [6.07, 6.45) is 9.63. The Balaban J connectivity index is 0.000000262. The minimum absolute atomic E-state index is 0.684. The van der Waals surface area contributed by atoms with Crippen LogP contribution in [0.15, 0.2) is 49.4 Å². The molecule has 3 fully saturated rings. The molecule has 1 aliphatic carbocycles. The van der Waals surface area contributed by atoms with Gasteiger partial charge in [-0.2, -0.15) is 0 Å². The molecule has 4 heteroatoms. The molecule has 1 atom stereocenters. The quantitative estimate of drug-likeness (QED) is 0.379. The van der Waals surface area contributed by atoms with E-state index in [9.17, 15) is 0 Å². The summed E-state index contributed by atoms with van der Waals surface area (Å²) in [4.78, 5) is 7.36. The molecular formula is C31H55N3O. The van der Waals surface area contributed by atoms with Crippen LogP contribution in [0.4, 0.5) is 0 Å². The number of hydrogen-bond donors (Lipinski definition) is 0. The summed E-state index contributed by atoms with van der Waals surface area (Å²) >= 11 is 0. The number of hydrogen-bond acceptors (Lipinski definition) is 4. The topological polar surface area (TPSA) is 19.0 Å². The highest BCUT2D eigenvalue weighted by molar-refractivity contribution is 5.19. The van der Waals surface area contributed by atoms with Crippen LogP contribution in [0, 0.1) is 19.8 Å². The van der Waals surface area contributed by atoms with Crippen molar-refractivity contribution in [3.05, 3.63) is 60.5 Å². The minimum atomic E-state index is 0.684. The summed E-state index contributed by atoms with van der Waals surface area (Å²) in [6.45, 7) is 28.4. The normalized spacial score (nSPS) is 20.2. The summed E-state index contributed by atoms with van der Waals surface area (Å²) in [7, 11) is 0. The van der Waals surface area contributed by atoms with E-state index in [4.69, 9.17) is 4.74 Å². The maximum Gasteiger partial charge on any atom is 0.141 e. The van der Waals surface area contributed by atoms with Gasteiger partial charge < -0.3 is 14.5 Å². The lowest BCUT2D eigenvalue weighted by Crippen LogP contribution is -2.45. The van der Waals surface area contributed by atoms with Gasteiger partial charge in [-0.05, 0) is 65.3 Å². The van der Waals surface area contributed by atoms with Crippen LogP contribution in [0.3, 0.4) is 0 Å². The first-order valence-corrected chi connectivity index (χ1v) is 14.1. The van der Waals surface area contributed by atoms with Gasteiger partial charge in [-0.25, -0.2) is 0 Å². The Bertz CT molecular complexity index is 654. The van der Waals surface area contributed by atoms with E-state index in [-0.39, 0.29) is 0 Å². The van der Waals surface area contributed by atoms with Gasteiger partial charge in [0.2, 0.25) is 0 Å². The maximum absolute atomic E-state index is 5.13. The van der Waals surface area contributed by atoms with Crippen molar-refractivity contribution in [3.8, 4) is 0 Å². The number of aryl methyl sites for hydroxylation is 2. The van der Waals surface area contributed by atoms with Crippen LogP contribution in [0.1, 0.15) is 77.3 Å². The summed E-state index contributed by atoms with van der Waals surface area (Å²) in [5.41, 5.74) is 4.05. The van der Waals surface area contributed by atoms with Gasteiger partial charge in [0.15, 0.2) is 0 Å². The zero-order valence-electron chi connectivity index (χ0n) is 23.9. The number of piperazine rings is 1. The van der Waals surface area contributed by atoms with Crippen molar-refractivity contribution in [1.82, 2.24) is 14.7 Å². The van der Waals surface area contributed by atoms with Gasteiger partial charge in [0.05, 0.1) is 6.26 Å². The molecule has 1 saturated carbocycles. The van der Waals surface area contributed by atoms with Crippen LogP contribution < -0.4 is 0 Å². The van der Waals surface area contributed by atoms with Gasteiger partial charge in [0, 0.05) is 44.5 Å². The van der Waals surface area contributed by atoms with E-state index in [2.05, 4.69) is 79.8 Å². The molecule has 0 aromatic heterocycles. The fraction of sp³-hybridized carbons (Fsp3) is 0.677. The molecule has 3 aliphatic rings. The van der Waals surface area contributed by atoms with E-state index < -0.39 is 0 Å². The van der Waals surface area contributed by atoms with Crippen molar-refractivity contribution in [2.75, 3.05) is 46.0 Å². The molecule has 0 unspecified atom stereocenters. The average molecular weight is 486 g/mol. The number of likely N-dealkylation sites (N-methyl/N-ethyl adjacent to an activating group) is 1. The fourth-order valence-electron chi connectivity index (χ4n) is 4.30. The molecule has 35 heavy (non-hydrogen) atoms. The highest BCUT2D eigenvalue weighted by Gasteiger charge is 2.25. The lowest BCUT2D eigenvalue weighted by molar-refractivity contribution is 0.0412. The molecule has 0 spiro atoms. The van der Waals surface area contributed by atoms with E-state index in [1.54, 1.807) is 0 Å². The summed E-state index contributed by atoms with van der Waals surface area (Å²) in [5, 5.41) is 0. The zero-order chi connectivity index (χ0) is 26.1. The van der Waals surface area contributed by atoms with E-state index in [1.165, 1.54) is 101 Å². The van der Waals surface area contributed by atoms with Gasteiger partial charge in [-0.1, -0.05) is 75.7 Å². The van der Waals surface area contributed by atoms with E-state index in [0.717, 1.165) is 5.92 Å². The Kier molecular flexibility index (Phi) is 16.5. The molecule has 1 aromatic carbocycles. The summed E-state index contributed by atoms with van der Waals surface area (Å²) in [6, 6.07) is 9.17. The molecule has 0 bridgehead atoms. The number of ether oxygens (including phenoxy) is 1. The van der Waals surface area contributed by atoms with Crippen molar-refractivity contribution in [1.29, 1.82) is 0 Å². The standard InChI is InChI=1S/C12H22N2.C9H17NO.C8H10.C2H6/c1-3-13-6-8-14(9-7-13)11(2)10-12-4-5-12;1-3-11-8-10-7-5-4-6-9(10)2;1-7-3-5-8(2)6-4-7;1-2/h12H,2-10H2,1H3;3,9H,1,4-8H2,2H3;3-6H,1-2H3;1-2H3/t;9-;;/m.1../s1. The van der Waals surface area contributed by atoms with E-state index >= 15 is 0 Å². The van der Waals surface area contributed by atoms with Gasteiger partial charge in [0.25, 0.3) is 0 Å². The first kappa shape index (κ1) is 31.3. The fourth-order valence-corrected chi connectivity index (χ4v) is 4.30. The average Bonchev–Trinajstić information content (AvgIpc) is 3.71. The van der Waals surface area contributed by atoms with Crippen LogP contribution in [0.25, 0.3) is 0 Å². The van der Waals surface area contributed by atoms with Gasteiger partial charge in [-0.3, -0.25) is 4.90 Å². The second kappa shape index (κ2) is 18.5. The number of piperidine rings is 1. The SMILES string of the molecule is C=C(CC1CC1)N1CCN(CC)CC1.C=COCN1CCCC[C@H]1C.CC.Cc1ccc(C)cc1. The van der Waals surface area contributed by atoms with Crippen LogP contribution in [-0.2, 0) is 4.74 Å². The highest BCUT2D eigenvalue weighted by Crippen LogP contribution is 2.35. The monoisotopic (exact) mass is 485 g/mol. The molecule has 4 rings (SSSR count). The van der Waals surface area contributed by atoms with E-state index in [0.29, 0.717) is 12.8 Å². The van der Waals surface area contributed by atoms with Gasteiger partial charge in [-0.15, -0.1) is 0 Å². The third-order valence-corrected chi connectivity index (χ3v) is 7.00. The van der Waals surface area contributed by atoms with Crippen LogP contribution >= 0.6 is 0 Å². The Morgan fingerprint density at radius 2 is 1.51 bits per heavy atom. The van der Waals surface area contributed by atoms with E-state index in [1.807, 2.05) is 13.8 Å². The molecule has 0 N–H and O–H groups in total. The minimum Gasteiger partial charge on any atom is -0.486 e. The molecule has 2 saturated heterocycles. The first-order chi connectivity index (χ1) is 16.9. The van der Waals surface area contributed by atoms with Crippen LogP contribution in [0.2, 0.25) is 0 Å². The molecule has 200 valence electrons. The lowest BCUT2D eigenvalue weighted by atomic mass is 10.1. The highest BCUT2D eigenvalue weighted by atomic mass is 16.5. The Hall–Kier alpha value is -1.78. The van der Waals surface area contributed by atoms with Crippen LogP contribution in [0.5, 0.6) is 0 Å². The van der Waals surface area contributed by atoms with Crippen molar-refractivity contribution in [2.45, 2.75) is 86.1 Å². The van der Waals surface area contributed by atoms with Crippen molar-refractivity contribution >= 4 is 0 Å². The Labute approximate surface area is 218 Å². The number of allylic oxidation sites excluding steroid dienone is 1.